The standard InChI is InChI=1S/C18H15F3N4O5S/c1-10-16(27)25(12-2-4-13(5-3-12)31(29,30)18(19,20)21)17(28)24(10)9-11-6-7-23-8-14(11)15(22)26/h2-8,27H,9H2,1H3,(H2,22,26). The first-order valence-corrected chi connectivity index (χ1v) is 10.00. The average Bonchev–Trinajstić information content (AvgIpc) is 2.91. The Morgan fingerprint density at radius 3 is 2.35 bits per heavy atom. The van der Waals surface area contributed by atoms with Crippen molar-refractivity contribution < 1.29 is 31.5 Å². The number of amides is 1. The van der Waals surface area contributed by atoms with Gasteiger partial charge in [-0.2, -0.15) is 13.2 Å². The number of sulfone groups is 1. The molecule has 2 aromatic heterocycles. The van der Waals surface area contributed by atoms with E-state index in [0.717, 1.165) is 21.3 Å². The Labute approximate surface area is 173 Å². The summed E-state index contributed by atoms with van der Waals surface area (Å²) in [6.07, 6.45) is 2.62. The van der Waals surface area contributed by atoms with Crippen LogP contribution in [0.1, 0.15) is 21.6 Å². The van der Waals surface area contributed by atoms with Gasteiger partial charge in [0, 0.05) is 12.4 Å². The van der Waals surface area contributed by atoms with Gasteiger partial charge in [0.25, 0.3) is 15.7 Å². The molecule has 0 aliphatic carbocycles. The van der Waals surface area contributed by atoms with Crippen LogP contribution < -0.4 is 11.4 Å². The lowest BCUT2D eigenvalue weighted by molar-refractivity contribution is -0.0436. The molecule has 13 heteroatoms. The molecule has 0 saturated heterocycles. The maximum absolute atomic E-state index is 12.9. The third kappa shape index (κ3) is 3.79. The van der Waals surface area contributed by atoms with Crippen molar-refractivity contribution in [3.8, 4) is 11.6 Å². The van der Waals surface area contributed by atoms with Gasteiger partial charge in [0.1, 0.15) is 0 Å². The minimum absolute atomic E-state index is 0.0599. The number of primary amides is 1. The number of benzene rings is 1. The van der Waals surface area contributed by atoms with Gasteiger partial charge in [-0.05, 0) is 42.8 Å². The minimum atomic E-state index is -5.56. The largest absolute Gasteiger partial charge is 0.501 e. The molecule has 0 unspecified atom stereocenters. The van der Waals surface area contributed by atoms with Gasteiger partial charge in [0.2, 0.25) is 5.88 Å². The van der Waals surface area contributed by atoms with E-state index in [0.29, 0.717) is 17.7 Å². The zero-order valence-electron chi connectivity index (χ0n) is 15.8. The normalized spacial score (nSPS) is 12.1. The number of carbonyl (C=O) groups is 1. The molecule has 0 spiro atoms. The van der Waals surface area contributed by atoms with Gasteiger partial charge in [-0.25, -0.2) is 17.8 Å². The molecule has 164 valence electrons. The fourth-order valence-electron chi connectivity index (χ4n) is 2.92. The molecule has 0 saturated carbocycles. The van der Waals surface area contributed by atoms with Gasteiger partial charge in [0.05, 0.1) is 28.4 Å². The zero-order chi connectivity index (χ0) is 23.1. The van der Waals surface area contributed by atoms with Crippen LogP contribution in [0.2, 0.25) is 0 Å². The average molecular weight is 456 g/mol. The van der Waals surface area contributed by atoms with Crippen molar-refractivity contribution >= 4 is 15.7 Å². The highest BCUT2D eigenvalue weighted by atomic mass is 32.2. The van der Waals surface area contributed by atoms with Crippen LogP contribution in [0.25, 0.3) is 5.69 Å². The van der Waals surface area contributed by atoms with Crippen molar-refractivity contribution in [2.45, 2.75) is 23.9 Å². The van der Waals surface area contributed by atoms with E-state index in [-0.39, 0.29) is 23.5 Å². The molecular weight excluding hydrogens is 441 g/mol. The molecule has 0 bridgehead atoms. The van der Waals surface area contributed by atoms with E-state index in [2.05, 4.69) is 4.98 Å². The lowest BCUT2D eigenvalue weighted by Gasteiger charge is -2.09. The van der Waals surface area contributed by atoms with Crippen molar-refractivity contribution in [3.05, 3.63) is 70.0 Å². The third-order valence-corrected chi connectivity index (χ3v) is 6.08. The molecule has 0 aliphatic heterocycles. The van der Waals surface area contributed by atoms with Crippen LogP contribution in [-0.2, 0) is 16.4 Å². The van der Waals surface area contributed by atoms with Crippen molar-refractivity contribution in [2.24, 2.45) is 5.73 Å². The summed E-state index contributed by atoms with van der Waals surface area (Å²) in [7, 11) is -5.56. The Morgan fingerprint density at radius 2 is 1.81 bits per heavy atom. The SMILES string of the molecule is Cc1c(O)n(-c2ccc(S(=O)(=O)C(F)(F)F)cc2)c(=O)n1Cc1ccncc1C(N)=O. The lowest BCUT2D eigenvalue weighted by Crippen LogP contribution is -2.26. The van der Waals surface area contributed by atoms with E-state index in [9.17, 15) is 36.3 Å². The number of alkyl halides is 3. The Morgan fingerprint density at radius 1 is 1.19 bits per heavy atom. The summed E-state index contributed by atoms with van der Waals surface area (Å²) in [5, 5.41) is 10.4. The summed E-state index contributed by atoms with van der Waals surface area (Å²) in [6, 6.07) is 4.77. The van der Waals surface area contributed by atoms with Gasteiger partial charge in [-0.15, -0.1) is 0 Å². The van der Waals surface area contributed by atoms with Crippen molar-refractivity contribution in [2.75, 3.05) is 0 Å². The predicted octanol–water partition coefficient (Wildman–Crippen LogP) is 1.49. The number of nitrogens with two attached hydrogens (primary N) is 1. The highest BCUT2D eigenvalue weighted by Gasteiger charge is 2.46. The van der Waals surface area contributed by atoms with Crippen molar-refractivity contribution in [1.82, 2.24) is 14.1 Å². The predicted molar refractivity (Wildman–Crippen MR) is 102 cm³/mol. The van der Waals surface area contributed by atoms with Crippen LogP contribution in [0.15, 0.2) is 52.4 Å². The number of imidazole rings is 1. The second-order valence-electron chi connectivity index (χ2n) is 6.45. The number of aromatic nitrogens is 3. The number of halogens is 3. The first-order valence-electron chi connectivity index (χ1n) is 8.52. The monoisotopic (exact) mass is 456 g/mol. The highest BCUT2D eigenvalue weighted by Crippen LogP contribution is 2.31. The van der Waals surface area contributed by atoms with E-state index in [1.807, 2.05) is 0 Å². The number of hydrogen-bond donors (Lipinski definition) is 2. The molecule has 0 radical (unpaired) electrons. The van der Waals surface area contributed by atoms with Crippen LogP contribution in [0.4, 0.5) is 13.2 Å². The molecule has 0 aliphatic rings. The number of carbonyl (C=O) groups excluding carboxylic acids is 1. The van der Waals surface area contributed by atoms with Gasteiger partial charge >= 0.3 is 11.2 Å². The Hall–Kier alpha value is -3.61. The summed E-state index contributed by atoms with van der Waals surface area (Å²) in [5.41, 5.74) is -0.475. The number of hydrogen-bond acceptors (Lipinski definition) is 6. The topological polar surface area (TPSA) is 137 Å². The molecule has 0 atom stereocenters. The fraction of sp³-hybridized carbons (Fsp3) is 0.167. The molecule has 31 heavy (non-hydrogen) atoms. The summed E-state index contributed by atoms with van der Waals surface area (Å²) in [4.78, 5) is 27.2. The number of aromatic hydroxyl groups is 1. The van der Waals surface area contributed by atoms with E-state index >= 15 is 0 Å². The van der Waals surface area contributed by atoms with E-state index in [1.165, 1.54) is 25.4 Å². The molecule has 9 nitrogen and oxygen atoms in total. The molecule has 3 rings (SSSR count). The van der Waals surface area contributed by atoms with Crippen LogP contribution >= 0.6 is 0 Å². The van der Waals surface area contributed by atoms with E-state index in [1.54, 1.807) is 0 Å². The molecule has 3 N–H and O–H groups in total. The fourth-order valence-corrected chi connectivity index (χ4v) is 3.68. The lowest BCUT2D eigenvalue weighted by atomic mass is 10.1. The highest BCUT2D eigenvalue weighted by molar-refractivity contribution is 7.92. The summed E-state index contributed by atoms with van der Waals surface area (Å²) in [6.45, 7) is 1.27. The van der Waals surface area contributed by atoms with Crippen molar-refractivity contribution in [1.29, 1.82) is 0 Å². The third-order valence-electron chi connectivity index (χ3n) is 4.58. The second kappa shape index (κ2) is 7.58. The molecule has 2 heterocycles. The van der Waals surface area contributed by atoms with Gasteiger partial charge < -0.3 is 10.8 Å². The number of rotatable bonds is 5. The Kier molecular flexibility index (Phi) is 5.40. The molecule has 0 fully saturated rings. The minimum Gasteiger partial charge on any atom is -0.493 e. The number of nitrogens with zero attached hydrogens (tertiary/aromatic N) is 3. The van der Waals surface area contributed by atoms with E-state index in [4.69, 9.17) is 5.73 Å². The maximum atomic E-state index is 12.9. The molecule has 1 aromatic carbocycles. The van der Waals surface area contributed by atoms with Crippen LogP contribution in [0.3, 0.4) is 0 Å². The molecule has 3 aromatic rings. The summed E-state index contributed by atoms with van der Waals surface area (Å²) < 4.78 is 63.0. The first kappa shape index (κ1) is 22.1. The number of pyridine rings is 1. The zero-order valence-corrected chi connectivity index (χ0v) is 16.6. The molecular formula is C18H15F3N4O5S. The Balaban J connectivity index is 2.06. The summed E-state index contributed by atoms with van der Waals surface area (Å²) in [5.74, 6) is -1.27. The molecule has 1 amide bonds. The van der Waals surface area contributed by atoms with E-state index < -0.39 is 37.7 Å². The van der Waals surface area contributed by atoms with Gasteiger partial charge in [-0.3, -0.25) is 14.3 Å². The van der Waals surface area contributed by atoms with Crippen LogP contribution in [0, 0.1) is 6.92 Å². The maximum Gasteiger partial charge on any atom is 0.501 e. The quantitative estimate of drug-likeness (QED) is 0.597. The van der Waals surface area contributed by atoms with Crippen LogP contribution in [-0.4, -0.2) is 39.1 Å². The Bertz CT molecular complexity index is 1330. The second-order valence-corrected chi connectivity index (χ2v) is 8.39. The van der Waals surface area contributed by atoms with Gasteiger partial charge in [0.15, 0.2) is 0 Å². The first-order chi connectivity index (χ1) is 14.4. The summed E-state index contributed by atoms with van der Waals surface area (Å²) >= 11 is 0. The van der Waals surface area contributed by atoms with Gasteiger partial charge in [-0.1, -0.05) is 0 Å². The smallest absolute Gasteiger partial charge is 0.493 e. The van der Waals surface area contributed by atoms with Crippen LogP contribution in [0.5, 0.6) is 5.88 Å². The van der Waals surface area contributed by atoms with Crippen molar-refractivity contribution in [3.63, 3.8) is 0 Å².